The highest BCUT2D eigenvalue weighted by atomic mass is 16.3. The lowest BCUT2D eigenvalue weighted by Crippen LogP contribution is -2.54. The van der Waals surface area contributed by atoms with E-state index in [1.54, 1.807) is 0 Å². The summed E-state index contributed by atoms with van der Waals surface area (Å²) in [6.45, 7) is 0. The number of rotatable bonds is 1. The minimum Gasteiger partial charge on any atom is -0.385 e. The number of nitrogens with one attached hydrogen (secondary N) is 1. The zero-order valence-corrected chi connectivity index (χ0v) is 9.52. The first-order chi connectivity index (χ1) is 7.76. The summed E-state index contributed by atoms with van der Waals surface area (Å²) in [7, 11) is 0. The molecule has 0 aliphatic carbocycles. The lowest BCUT2D eigenvalue weighted by Gasteiger charge is -2.45. The molecule has 2 aliphatic heterocycles. The molecule has 1 unspecified atom stereocenters. The summed E-state index contributed by atoms with van der Waals surface area (Å²) in [5.74, 6) is 0. The van der Waals surface area contributed by atoms with Crippen LogP contribution >= 0.6 is 0 Å². The van der Waals surface area contributed by atoms with Crippen LogP contribution in [0.1, 0.15) is 37.7 Å². The summed E-state index contributed by atoms with van der Waals surface area (Å²) in [6.07, 6.45) is 5.48. The van der Waals surface area contributed by atoms with E-state index in [1.807, 2.05) is 18.2 Å². The molecule has 2 saturated heterocycles. The third-order valence-electron chi connectivity index (χ3n) is 4.06. The molecule has 1 aromatic rings. The fourth-order valence-corrected chi connectivity index (χ4v) is 3.32. The van der Waals surface area contributed by atoms with Gasteiger partial charge in [0.25, 0.3) is 0 Å². The van der Waals surface area contributed by atoms with E-state index in [0.717, 1.165) is 18.4 Å². The van der Waals surface area contributed by atoms with Gasteiger partial charge in [-0.1, -0.05) is 36.8 Å². The van der Waals surface area contributed by atoms with Crippen molar-refractivity contribution in [3.05, 3.63) is 35.9 Å². The van der Waals surface area contributed by atoms with Gasteiger partial charge < -0.3 is 10.4 Å². The minimum absolute atomic E-state index is 0.512. The van der Waals surface area contributed by atoms with Crippen LogP contribution in [0.25, 0.3) is 0 Å². The summed E-state index contributed by atoms with van der Waals surface area (Å²) in [4.78, 5) is 0. The van der Waals surface area contributed by atoms with Gasteiger partial charge in [-0.3, -0.25) is 0 Å². The van der Waals surface area contributed by atoms with E-state index >= 15 is 0 Å². The van der Waals surface area contributed by atoms with Gasteiger partial charge in [-0.05, 0) is 31.2 Å². The van der Waals surface area contributed by atoms with E-state index in [9.17, 15) is 5.11 Å². The Bertz CT molecular complexity index is 350. The van der Waals surface area contributed by atoms with Crippen LogP contribution in [0.5, 0.6) is 0 Å². The maximum absolute atomic E-state index is 10.8. The molecule has 0 aromatic heterocycles. The van der Waals surface area contributed by atoms with Crippen molar-refractivity contribution in [2.75, 3.05) is 0 Å². The molecule has 2 fully saturated rings. The normalized spacial score (nSPS) is 38.3. The van der Waals surface area contributed by atoms with Crippen LogP contribution < -0.4 is 5.32 Å². The summed E-state index contributed by atoms with van der Waals surface area (Å²) in [5.41, 5.74) is 0.496. The van der Waals surface area contributed by atoms with Gasteiger partial charge in [-0.15, -0.1) is 0 Å². The predicted octanol–water partition coefficient (Wildman–Crippen LogP) is 2.18. The minimum atomic E-state index is -0.595. The number of benzene rings is 1. The van der Waals surface area contributed by atoms with Gasteiger partial charge in [0.2, 0.25) is 0 Å². The van der Waals surface area contributed by atoms with E-state index < -0.39 is 5.60 Å². The smallest absolute Gasteiger partial charge is 0.0926 e. The standard InChI is InChI=1S/C14H19NO/c16-14(11-5-2-1-3-6-11)9-12-7-4-8-13(10-14)15-12/h1-3,5-6,12-13,15-16H,4,7-10H2/t12-,13+,14?. The van der Waals surface area contributed by atoms with Crippen molar-refractivity contribution in [3.8, 4) is 0 Å². The number of piperidine rings is 2. The highest BCUT2D eigenvalue weighted by molar-refractivity contribution is 5.24. The first-order valence-electron chi connectivity index (χ1n) is 6.30. The predicted molar refractivity (Wildman–Crippen MR) is 64.1 cm³/mol. The number of aliphatic hydroxyl groups is 1. The number of hydrogen-bond acceptors (Lipinski definition) is 2. The van der Waals surface area contributed by atoms with E-state index in [0.29, 0.717) is 12.1 Å². The van der Waals surface area contributed by atoms with E-state index in [1.165, 1.54) is 19.3 Å². The Balaban J connectivity index is 1.88. The molecular weight excluding hydrogens is 198 g/mol. The topological polar surface area (TPSA) is 32.3 Å². The summed E-state index contributed by atoms with van der Waals surface area (Å²) in [6, 6.07) is 11.2. The van der Waals surface area contributed by atoms with Crippen molar-refractivity contribution < 1.29 is 5.11 Å². The highest BCUT2D eigenvalue weighted by Crippen LogP contribution is 2.39. The molecule has 16 heavy (non-hydrogen) atoms. The van der Waals surface area contributed by atoms with Crippen LogP contribution in [0, 0.1) is 0 Å². The molecule has 2 bridgehead atoms. The van der Waals surface area contributed by atoms with E-state index in [4.69, 9.17) is 0 Å². The molecule has 2 aliphatic rings. The molecule has 3 atom stereocenters. The van der Waals surface area contributed by atoms with Gasteiger partial charge >= 0.3 is 0 Å². The first kappa shape index (κ1) is 10.3. The third-order valence-corrected chi connectivity index (χ3v) is 4.06. The van der Waals surface area contributed by atoms with Crippen molar-refractivity contribution in [1.82, 2.24) is 5.32 Å². The van der Waals surface area contributed by atoms with Crippen molar-refractivity contribution >= 4 is 0 Å². The average Bonchev–Trinajstić information content (AvgIpc) is 2.29. The van der Waals surface area contributed by atoms with Crippen LogP contribution in [0.15, 0.2) is 30.3 Å². The molecule has 3 rings (SSSR count). The van der Waals surface area contributed by atoms with Gasteiger partial charge in [0.15, 0.2) is 0 Å². The van der Waals surface area contributed by atoms with Crippen molar-refractivity contribution in [2.24, 2.45) is 0 Å². The lowest BCUT2D eigenvalue weighted by atomic mass is 9.74. The molecular formula is C14H19NO. The quantitative estimate of drug-likeness (QED) is 0.755. The Labute approximate surface area is 96.7 Å². The zero-order chi connectivity index (χ0) is 11.0. The maximum atomic E-state index is 10.8. The molecule has 86 valence electrons. The highest BCUT2D eigenvalue weighted by Gasteiger charge is 2.41. The average molecular weight is 217 g/mol. The number of fused-ring (bicyclic) bond motifs is 2. The fraction of sp³-hybridized carbons (Fsp3) is 0.571. The molecule has 0 spiro atoms. The molecule has 2 heterocycles. The zero-order valence-electron chi connectivity index (χ0n) is 9.52. The van der Waals surface area contributed by atoms with Crippen LogP contribution in [-0.2, 0) is 5.60 Å². The Morgan fingerprint density at radius 1 is 1.06 bits per heavy atom. The summed E-state index contributed by atoms with van der Waals surface area (Å²) in [5, 5.41) is 14.4. The lowest BCUT2D eigenvalue weighted by molar-refractivity contribution is -0.0358. The molecule has 1 aromatic carbocycles. The van der Waals surface area contributed by atoms with Gasteiger partial charge in [-0.25, -0.2) is 0 Å². The van der Waals surface area contributed by atoms with Crippen LogP contribution in [0.2, 0.25) is 0 Å². The van der Waals surface area contributed by atoms with E-state index in [-0.39, 0.29) is 0 Å². The van der Waals surface area contributed by atoms with Gasteiger partial charge in [-0.2, -0.15) is 0 Å². The Morgan fingerprint density at radius 3 is 2.31 bits per heavy atom. The molecule has 0 saturated carbocycles. The Kier molecular flexibility index (Phi) is 2.49. The van der Waals surface area contributed by atoms with Crippen LogP contribution in [0.3, 0.4) is 0 Å². The largest absolute Gasteiger partial charge is 0.385 e. The van der Waals surface area contributed by atoms with Gasteiger partial charge in [0, 0.05) is 12.1 Å². The summed E-state index contributed by atoms with van der Waals surface area (Å²) < 4.78 is 0. The fourth-order valence-electron chi connectivity index (χ4n) is 3.32. The second-order valence-electron chi connectivity index (χ2n) is 5.30. The van der Waals surface area contributed by atoms with Crippen LogP contribution in [-0.4, -0.2) is 17.2 Å². The Morgan fingerprint density at radius 2 is 1.69 bits per heavy atom. The summed E-state index contributed by atoms with van der Waals surface area (Å²) >= 11 is 0. The Hall–Kier alpha value is -0.860. The first-order valence-corrected chi connectivity index (χ1v) is 6.30. The number of hydrogen-bond donors (Lipinski definition) is 2. The third kappa shape index (κ3) is 1.76. The molecule has 2 heteroatoms. The molecule has 2 N–H and O–H groups in total. The second kappa shape index (κ2) is 3.86. The van der Waals surface area contributed by atoms with Crippen molar-refractivity contribution in [3.63, 3.8) is 0 Å². The monoisotopic (exact) mass is 217 g/mol. The van der Waals surface area contributed by atoms with Crippen LogP contribution in [0.4, 0.5) is 0 Å². The van der Waals surface area contributed by atoms with Gasteiger partial charge in [0.1, 0.15) is 0 Å². The van der Waals surface area contributed by atoms with E-state index in [2.05, 4.69) is 17.4 Å². The molecule has 0 amide bonds. The molecule has 2 nitrogen and oxygen atoms in total. The van der Waals surface area contributed by atoms with Gasteiger partial charge in [0.05, 0.1) is 5.60 Å². The SMILES string of the molecule is OC1(c2ccccc2)C[C@H]2CCC[C@@H](C1)N2. The van der Waals surface area contributed by atoms with Crippen molar-refractivity contribution in [1.29, 1.82) is 0 Å². The van der Waals surface area contributed by atoms with Crippen molar-refractivity contribution in [2.45, 2.75) is 49.8 Å². The maximum Gasteiger partial charge on any atom is 0.0926 e. The second-order valence-corrected chi connectivity index (χ2v) is 5.30. The molecule has 0 radical (unpaired) electrons.